The van der Waals surface area contributed by atoms with Crippen molar-refractivity contribution in [3.63, 3.8) is 0 Å². The van der Waals surface area contributed by atoms with Crippen LogP contribution in [0.1, 0.15) is 56.9 Å². The molecule has 0 fully saturated rings. The second-order valence-electron chi connectivity index (χ2n) is 9.66. The predicted molar refractivity (Wildman–Crippen MR) is 113 cm³/mol. The highest BCUT2D eigenvalue weighted by atomic mass is 32.1. The first-order valence-corrected chi connectivity index (χ1v) is 13.2. The number of carbonyl (C=O) groups excluding carboxylic acids is 2. The highest BCUT2D eigenvalue weighted by molar-refractivity contribution is 7.11. The summed E-state index contributed by atoms with van der Waals surface area (Å²) < 4.78 is 13.1. The van der Waals surface area contributed by atoms with Gasteiger partial charge in [-0.25, -0.2) is 4.79 Å². The van der Waals surface area contributed by atoms with Crippen molar-refractivity contribution in [3.05, 3.63) is 20.2 Å². The monoisotopic (exact) mass is 428 g/mol. The topological polar surface area (TPSA) is 77.8 Å². The van der Waals surface area contributed by atoms with Gasteiger partial charge in [0.25, 0.3) is 0 Å². The minimum Gasteiger partial charge on any atom is -0.444 e. The van der Waals surface area contributed by atoms with Crippen LogP contribution in [0.2, 0.25) is 18.1 Å². The number of fused-ring (bicyclic) bond motifs is 1. The molecule has 0 atom stereocenters. The normalized spacial score (nSPS) is 15.6. The smallest absolute Gasteiger partial charge is 0.411 e. The van der Waals surface area contributed by atoms with Crippen molar-refractivity contribution in [2.24, 2.45) is 0 Å². The van der Waals surface area contributed by atoms with Gasteiger partial charge in [0.2, 0.25) is 0 Å². The molecule has 2 heterocycles. The molecule has 0 aliphatic carbocycles. The van der Waals surface area contributed by atoms with E-state index in [4.69, 9.17) is 9.16 Å². The van der Waals surface area contributed by atoms with Gasteiger partial charge in [-0.1, -0.05) is 32.1 Å². The minimum atomic E-state index is -1.93. The summed E-state index contributed by atoms with van der Waals surface area (Å²) in [5.41, 5.74) is -0.0675. The molecule has 1 amide bonds. The van der Waals surface area contributed by atoms with Crippen LogP contribution in [-0.2, 0) is 22.3 Å². The van der Waals surface area contributed by atoms with Gasteiger partial charge in [-0.15, -0.1) is 0 Å². The largest absolute Gasteiger partial charge is 0.444 e. The number of rotatable bonds is 4. The standard InChI is InChI=1S/C19H32N2O5SSi/c1-18(2,3)26-16(23)20-11-13-15(14(22)12-20)27-17(24)21(13)9-10-25-28(7,8)19(4,5)6/h9-12H2,1-8H3. The molecule has 7 nitrogen and oxygen atoms in total. The molecule has 158 valence electrons. The molecule has 0 N–H and O–H groups in total. The maximum absolute atomic E-state index is 12.5. The summed E-state index contributed by atoms with van der Waals surface area (Å²) in [6.45, 7) is 17.0. The summed E-state index contributed by atoms with van der Waals surface area (Å²) in [5.74, 6) is -0.224. The van der Waals surface area contributed by atoms with Gasteiger partial charge in [0.05, 0.1) is 30.3 Å². The van der Waals surface area contributed by atoms with Crippen LogP contribution in [0.5, 0.6) is 0 Å². The third-order valence-corrected chi connectivity index (χ3v) is 10.8. The van der Waals surface area contributed by atoms with E-state index >= 15 is 0 Å². The summed E-state index contributed by atoms with van der Waals surface area (Å²) in [6, 6.07) is 0. The van der Waals surface area contributed by atoms with Crippen LogP contribution in [-0.4, -0.2) is 48.4 Å². The molecular weight excluding hydrogens is 396 g/mol. The van der Waals surface area contributed by atoms with E-state index in [1.54, 1.807) is 25.3 Å². The number of ether oxygens (including phenoxy) is 1. The zero-order valence-electron chi connectivity index (χ0n) is 18.2. The maximum Gasteiger partial charge on any atom is 0.411 e. The Labute approximate surface area is 171 Å². The van der Waals surface area contributed by atoms with Gasteiger partial charge in [0.15, 0.2) is 14.1 Å². The van der Waals surface area contributed by atoms with Gasteiger partial charge in [-0.05, 0) is 38.9 Å². The number of thiazole rings is 1. The molecule has 0 unspecified atom stereocenters. The average Bonchev–Trinajstić information content (AvgIpc) is 2.81. The molecule has 28 heavy (non-hydrogen) atoms. The lowest BCUT2D eigenvalue weighted by Crippen LogP contribution is -2.43. The van der Waals surface area contributed by atoms with Gasteiger partial charge < -0.3 is 9.16 Å². The molecule has 0 saturated heterocycles. The molecule has 0 spiro atoms. The fraction of sp³-hybridized carbons (Fsp3) is 0.737. The fourth-order valence-corrected chi connectivity index (χ4v) is 4.57. The van der Waals surface area contributed by atoms with Crippen LogP contribution in [0.4, 0.5) is 4.79 Å². The molecule has 1 aromatic heterocycles. The van der Waals surface area contributed by atoms with Crippen molar-refractivity contribution in [1.82, 2.24) is 9.47 Å². The molecule has 1 aliphatic heterocycles. The van der Waals surface area contributed by atoms with E-state index in [1.165, 1.54) is 4.90 Å². The van der Waals surface area contributed by atoms with E-state index in [-0.39, 0.29) is 28.8 Å². The first kappa shape index (κ1) is 22.8. The lowest BCUT2D eigenvalue weighted by atomic mass is 10.1. The van der Waals surface area contributed by atoms with Gasteiger partial charge in [0, 0.05) is 6.54 Å². The molecule has 1 aromatic rings. The quantitative estimate of drug-likeness (QED) is 0.681. The highest BCUT2D eigenvalue weighted by Gasteiger charge is 2.37. The Balaban J connectivity index is 2.17. The van der Waals surface area contributed by atoms with Crippen LogP contribution in [0.25, 0.3) is 0 Å². The molecular formula is C19H32N2O5SSi. The zero-order valence-corrected chi connectivity index (χ0v) is 20.0. The van der Waals surface area contributed by atoms with Crippen LogP contribution < -0.4 is 4.87 Å². The Morgan fingerprint density at radius 1 is 1.11 bits per heavy atom. The molecule has 0 radical (unpaired) electrons. The number of aromatic nitrogens is 1. The van der Waals surface area contributed by atoms with Crippen LogP contribution in [0.15, 0.2) is 4.79 Å². The van der Waals surface area contributed by atoms with Gasteiger partial charge in [-0.2, -0.15) is 0 Å². The molecule has 1 aliphatic rings. The predicted octanol–water partition coefficient (Wildman–Crippen LogP) is 3.87. The maximum atomic E-state index is 12.5. The number of carbonyl (C=O) groups is 2. The van der Waals surface area contributed by atoms with E-state index in [0.717, 1.165) is 11.3 Å². The first-order chi connectivity index (χ1) is 12.6. The summed E-state index contributed by atoms with van der Waals surface area (Å²) in [7, 11) is -1.93. The number of hydrogen-bond acceptors (Lipinski definition) is 6. The Hall–Kier alpha value is -1.45. The van der Waals surface area contributed by atoms with Crippen LogP contribution in [0.3, 0.4) is 0 Å². The highest BCUT2D eigenvalue weighted by Crippen LogP contribution is 2.36. The van der Waals surface area contributed by atoms with Crippen molar-refractivity contribution in [1.29, 1.82) is 0 Å². The second kappa shape index (κ2) is 7.76. The third-order valence-electron chi connectivity index (χ3n) is 5.16. The fourth-order valence-electron chi connectivity index (χ4n) is 2.58. The lowest BCUT2D eigenvalue weighted by molar-refractivity contribution is 0.0216. The number of Topliss-reactive ketones (excluding diaryl/α,β-unsaturated/α-hetero) is 1. The SMILES string of the molecule is CC(C)(C)OC(=O)N1CC(=O)c2sc(=O)n(CCO[Si](C)(C)C(C)(C)C)c2C1. The van der Waals surface area contributed by atoms with E-state index in [2.05, 4.69) is 33.9 Å². The van der Waals surface area contributed by atoms with E-state index < -0.39 is 20.0 Å². The van der Waals surface area contributed by atoms with Crippen molar-refractivity contribution in [2.45, 2.75) is 78.4 Å². The van der Waals surface area contributed by atoms with Gasteiger partial charge in [-0.3, -0.25) is 19.1 Å². The number of ketones is 1. The molecule has 2 rings (SSSR count). The van der Waals surface area contributed by atoms with Crippen molar-refractivity contribution in [2.75, 3.05) is 13.2 Å². The molecule has 9 heteroatoms. The summed E-state index contributed by atoms with van der Waals surface area (Å²) >= 11 is 0.950. The van der Waals surface area contributed by atoms with E-state index in [9.17, 15) is 14.4 Å². The van der Waals surface area contributed by atoms with E-state index in [1.807, 2.05) is 0 Å². The number of nitrogens with zero attached hydrogens (tertiary/aromatic N) is 2. The third kappa shape index (κ3) is 5.12. The van der Waals surface area contributed by atoms with Crippen LogP contribution in [0, 0.1) is 0 Å². The summed E-state index contributed by atoms with van der Waals surface area (Å²) in [4.78, 5) is 38.9. The van der Waals surface area contributed by atoms with Gasteiger partial charge >= 0.3 is 11.0 Å². The van der Waals surface area contributed by atoms with Gasteiger partial charge in [0.1, 0.15) is 5.60 Å². The van der Waals surface area contributed by atoms with Crippen molar-refractivity contribution < 1.29 is 18.8 Å². The Morgan fingerprint density at radius 2 is 1.71 bits per heavy atom. The summed E-state index contributed by atoms with van der Waals surface area (Å²) in [5, 5.41) is 0.0789. The molecule has 0 bridgehead atoms. The van der Waals surface area contributed by atoms with Crippen molar-refractivity contribution in [3.8, 4) is 0 Å². The Kier molecular flexibility index (Phi) is 6.33. The minimum absolute atomic E-state index is 0.0671. The number of amides is 1. The molecule has 0 aromatic carbocycles. The lowest BCUT2D eigenvalue weighted by Gasteiger charge is -2.36. The number of hydrogen-bond donors (Lipinski definition) is 0. The second-order valence-corrected chi connectivity index (χ2v) is 15.4. The molecule has 0 saturated carbocycles. The Morgan fingerprint density at radius 3 is 2.25 bits per heavy atom. The average molecular weight is 429 g/mol. The van der Waals surface area contributed by atoms with E-state index in [0.29, 0.717) is 23.7 Å². The first-order valence-electron chi connectivity index (χ1n) is 9.50. The van der Waals surface area contributed by atoms with Crippen molar-refractivity contribution >= 4 is 31.5 Å². The summed E-state index contributed by atoms with van der Waals surface area (Å²) in [6.07, 6.45) is -0.547. The zero-order chi connectivity index (χ0) is 21.5. The van der Waals surface area contributed by atoms with Crippen LogP contribution >= 0.6 is 11.3 Å². The Bertz CT molecular complexity index is 814.